The fraction of sp³-hybridized carbons (Fsp3) is 0.0769. The number of rotatable bonds is 2. The van der Waals surface area contributed by atoms with Crippen LogP contribution in [-0.2, 0) is 0 Å². The quantitative estimate of drug-likeness (QED) is 0.544. The van der Waals surface area contributed by atoms with Crippen molar-refractivity contribution in [1.29, 1.82) is 0 Å². The minimum absolute atomic E-state index is 0.0405. The summed E-state index contributed by atoms with van der Waals surface area (Å²) in [6.45, 7) is 1.79. The Morgan fingerprint density at radius 3 is 2.65 bits per heavy atom. The molecule has 0 aliphatic rings. The van der Waals surface area contributed by atoms with E-state index in [-0.39, 0.29) is 5.75 Å². The summed E-state index contributed by atoms with van der Waals surface area (Å²) in [4.78, 5) is 4.80. The summed E-state index contributed by atoms with van der Waals surface area (Å²) in [5.41, 5.74) is 0.409. The number of azo groups is 1. The van der Waals surface area contributed by atoms with Gasteiger partial charge in [0.1, 0.15) is 17.3 Å². The molecule has 7 heteroatoms. The van der Waals surface area contributed by atoms with Gasteiger partial charge in [0, 0.05) is 21.8 Å². The molecule has 0 unspecified atom stereocenters. The molecule has 1 heterocycles. The number of fused-ring (bicyclic) bond motifs is 1. The van der Waals surface area contributed by atoms with Gasteiger partial charge in [0.15, 0.2) is 0 Å². The lowest BCUT2D eigenvalue weighted by Crippen LogP contribution is -1.78. The first-order chi connectivity index (χ1) is 9.65. The van der Waals surface area contributed by atoms with Gasteiger partial charge in [-0.05, 0) is 18.4 Å². The fourth-order valence-electron chi connectivity index (χ4n) is 1.85. The molecule has 20 heavy (non-hydrogen) atoms. The van der Waals surface area contributed by atoms with Crippen LogP contribution < -0.4 is 0 Å². The van der Waals surface area contributed by atoms with E-state index in [2.05, 4.69) is 32.2 Å². The van der Waals surface area contributed by atoms with Crippen LogP contribution in [0.4, 0.5) is 10.8 Å². The van der Waals surface area contributed by atoms with Crippen molar-refractivity contribution in [2.45, 2.75) is 11.8 Å². The second kappa shape index (κ2) is 5.18. The zero-order valence-corrected chi connectivity index (χ0v) is 12.2. The molecule has 0 saturated heterocycles. The predicted molar refractivity (Wildman–Crippen MR) is 81.7 cm³/mol. The van der Waals surface area contributed by atoms with E-state index in [9.17, 15) is 5.11 Å². The number of benzene rings is 2. The molecule has 5 nitrogen and oxygen atoms in total. The molecule has 0 aliphatic carbocycles. The summed E-state index contributed by atoms with van der Waals surface area (Å²) in [6.07, 6.45) is 0. The van der Waals surface area contributed by atoms with Gasteiger partial charge in [0.2, 0.25) is 5.13 Å². The highest BCUT2D eigenvalue weighted by Gasteiger charge is 2.09. The van der Waals surface area contributed by atoms with Crippen LogP contribution in [0, 0.1) is 6.92 Å². The van der Waals surface area contributed by atoms with Crippen LogP contribution in [0.15, 0.2) is 45.5 Å². The van der Waals surface area contributed by atoms with Crippen molar-refractivity contribution < 1.29 is 5.11 Å². The molecular weight excluding hydrogens is 292 g/mol. The molecule has 3 aromatic rings. The van der Waals surface area contributed by atoms with Crippen molar-refractivity contribution in [2.75, 3.05) is 0 Å². The highest BCUT2D eigenvalue weighted by Crippen LogP contribution is 2.39. The maximum Gasteiger partial charge on any atom is 0.249 e. The first-order valence-electron chi connectivity index (χ1n) is 5.81. The number of phenols is 1. The molecule has 2 aromatic carbocycles. The van der Waals surface area contributed by atoms with Crippen molar-refractivity contribution in [3.05, 3.63) is 36.2 Å². The molecule has 0 spiro atoms. The van der Waals surface area contributed by atoms with E-state index < -0.39 is 0 Å². The van der Waals surface area contributed by atoms with Crippen LogP contribution in [0.3, 0.4) is 0 Å². The van der Waals surface area contributed by atoms with Gasteiger partial charge in [-0.3, -0.25) is 0 Å². The predicted octanol–water partition coefficient (Wildman–Crippen LogP) is 4.41. The Kier molecular flexibility index (Phi) is 3.37. The average Bonchev–Trinajstić information content (AvgIpc) is 2.84. The van der Waals surface area contributed by atoms with Gasteiger partial charge in [0.25, 0.3) is 0 Å². The van der Waals surface area contributed by atoms with E-state index in [4.69, 9.17) is 0 Å². The molecule has 0 bridgehead atoms. The van der Waals surface area contributed by atoms with E-state index in [0.29, 0.717) is 21.5 Å². The van der Waals surface area contributed by atoms with E-state index in [1.165, 1.54) is 0 Å². The van der Waals surface area contributed by atoms with Gasteiger partial charge in [-0.1, -0.05) is 24.3 Å². The molecule has 0 atom stereocenters. The molecule has 100 valence electrons. The zero-order valence-electron chi connectivity index (χ0n) is 10.5. The number of aryl methyl sites for hydroxylation is 1. The Hall–Kier alpha value is -1.99. The number of hydrogen-bond donors (Lipinski definition) is 2. The molecule has 1 aromatic heterocycles. The maximum atomic E-state index is 10.0. The molecule has 3 rings (SSSR count). The Labute approximate surface area is 124 Å². The summed E-state index contributed by atoms with van der Waals surface area (Å²) in [6, 6.07) is 9.14. The summed E-state index contributed by atoms with van der Waals surface area (Å²) in [5, 5.41) is 20.3. The second-order valence-electron chi connectivity index (χ2n) is 4.13. The number of aromatic hydroxyl groups is 1. The first-order valence-corrected chi connectivity index (χ1v) is 7.03. The van der Waals surface area contributed by atoms with Gasteiger partial charge in [-0.25, -0.2) is 4.98 Å². The lowest BCUT2D eigenvalue weighted by Gasteiger charge is -2.06. The Morgan fingerprint density at radius 2 is 1.95 bits per heavy atom. The SMILES string of the molecule is Cc1nsc(N=Nc2c(O)cc(S)c3ccccc23)n1. The van der Waals surface area contributed by atoms with Crippen LogP contribution in [0.2, 0.25) is 0 Å². The smallest absolute Gasteiger partial charge is 0.249 e. The van der Waals surface area contributed by atoms with Crippen LogP contribution in [0.5, 0.6) is 5.75 Å². The Balaban J connectivity index is 2.13. The van der Waals surface area contributed by atoms with Gasteiger partial charge >= 0.3 is 0 Å². The van der Waals surface area contributed by atoms with Gasteiger partial charge in [-0.2, -0.15) is 4.37 Å². The number of thiol groups is 1. The van der Waals surface area contributed by atoms with Gasteiger partial charge in [0.05, 0.1) is 0 Å². The van der Waals surface area contributed by atoms with Crippen LogP contribution in [0.1, 0.15) is 5.82 Å². The van der Waals surface area contributed by atoms with Crippen LogP contribution in [0.25, 0.3) is 10.8 Å². The van der Waals surface area contributed by atoms with E-state index >= 15 is 0 Å². The summed E-state index contributed by atoms with van der Waals surface area (Å²) < 4.78 is 4.03. The topological polar surface area (TPSA) is 70.7 Å². The standard InChI is InChI=1S/C13H10N4OS2/c1-7-14-13(20-17-7)16-15-12-9-5-3-2-4-8(9)11(19)6-10(12)18/h2-6,18-19H,1H3. The minimum Gasteiger partial charge on any atom is -0.506 e. The van der Waals surface area contributed by atoms with Crippen LogP contribution in [-0.4, -0.2) is 14.5 Å². The highest BCUT2D eigenvalue weighted by molar-refractivity contribution is 7.80. The largest absolute Gasteiger partial charge is 0.506 e. The van der Waals surface area contributed by atoms with E-state index in [0.717, 1.165) is 22.3 Å². The first kappa shape index (κ1) is 13.0. The lowest BCUT2D eigenvalue weighted by molar-refractivity contribution is 0.476. The number of aromatic nitrogens is 2. The molecule has 0 aliphatic heterocycles. The highest BCUT2D eigenvalue weighted by atomic mass is 32.1. The summed E-state index contributed by atoms with van der Waals surface area (Å²) in [7, 11) is 0. The van der Waals surface area contributed by atoms with E-state index in [1.807, 2.05) is 24.3 Å². The zero-order chi connectivity index (χ0) is 14.1. The number of hydrogen-bond acceptors (Lipinski definition) is 7. The van der Waals surface area contributed by atoms with Crippen LogP contribution >= 0.6 is 24.2 Å². The molecular formula is C13H10N4OS2. The normalized spacial score (nSPS) is 11.5. The third-order valence-corrected chi connectivity index (χ3v) is 3.79. The second-order valence-corrected chi connectivity index (χ2v) is 5.35. The van der Waals surface area contributed by atoms with Crippen molar-refractivity contribution in [3.63, 3.8) is 0 Å². The number of nitrogens with zero attached hydrogens (tertiary/aromatic N) is 4. The molecule has 0 fully saturated rings. The van der Waals surface area contributed by atoms with Crippen molar-refractivity contribution in [1.82, 2.24) is 9.36 Å². The Morgan fingerprint density at radius 1 is 1.20 bits per heavy atom. The minimum atomic E-state index is 0.0405. The average molecular weight is 302 g/mol. The Bertz CT molecular complexity index is 813. The molecule has 0 saturated carbocycles. The van der Waals surface area contributed by atoms with Crippen molar-refractivity contribution in [2.24, 2.45) is 10.2 Å². The van der Waals surface area contributed by atoms with Gasteiger partial charge < -0.3 is 5.11 Å². The lowest BCUT2D eigenvalue weighted by atomic mass is 10.1. The summed E-state index contributed by atoms with van der Waals surface area (Å²) in [5.74, 6) is 0.697. The van der Waals surface area contributed by atoms with Crippen molar-refractivity contribution in [3.8, 4) is 5.75 Å². The monoisotopic (exact) mass is 302 g/mol. The maximum absolute atomic E-state index is 10.0. The molecule has 0 amide bonds. The van der Waals surface area contributed by atoms with Gasteiger partial charge in [-0.15, -0.1) is 22.9 Å². The summed E-state index contributed by atoms with van der Waals surface area (Å²) >= 11 is 5.52. The van der Waals surface area contributed by atoms with E-state index in [1.54, 1.807) is 13.0 Å². The van der Waals surface area contributed by atoms with Crippen molar-refractivity contribution >= 4 is 45.8 Å². The fourth-order valence-corrected chi connectivity index (χ4v) is 2.67. The third-order valence-electron chi connectivity index (χ3n) is 2.73. The number of phenolic OH excluding ortho intramolecular Hbond substituents is 1. The molecule has 0 radical (unpaired) electrons. The third kappa shape index (κ3) is 2.37. The molecule has 1 N–H and O–H groups in total.